The second kappa shape index (κ2) is 9.16. The van der Waals surface area contributed by atoms with Gasteiger partial charge in [0.05, 0.1) is 6.61 Å². The van der Waals surface area contributed by atoms with Crippen molar-refractivity contribution in [3.63, 3.8) is 0 Å². The molecule has 1 atom stereocenters. The van der Waals surface area contributed by atoms with E-state index in [2.05, 4.69) is 77.4 Å². The van der Waals surface area contributed by atoms with E-state index >= 15 is 0 Å². The molecule has 0 spiro atoms. The fourth-order valence-corrected chi connectivity index (χ4v) is 4.02. The molecule has 1 aromatic heterocycles. The number of rotatable bonds is 8. The van der Waals surface area contributed by atoms with Crippen LogP contribution in [-0.4, -0.2) is 39.9 Å². The first-order valence-electron chi connectivity index (χ1n) is 7.76. The minimum Gasteiger partial charge on any atom is -0.484 e. The molecule has 0 saturated carbocycles. The van der Waals surface area contributed by atoms with E-state index in [-0.39, 0.29) is 17.9 Å². The molecule has 0 N–H and O–H groups in total. The number of hydrogen-bond acceptors (Lipinski definition) is 5. The van der Waals surface area contributed by atoms with Gasteiger partial charge in [-0.2, -0.15) is 0 Å². The third-order valence-corrected chi connectivity index (χ3v) is 9.59. The normalized spacial score (nSPS) is 13.7. The Morgan fingerprint density at radius 1 is 1.33 bits per heavy atom. The van der Waals surface area contributed by atoms with Crippen LogP contribution in [0.2, 0.25) is 18.1 Å². The lowest BCUT2D eigenvalue weighted by molar-refractivity contribution is 0.0449. The fourth-order valence-electron chi connectivity index (χ4n) is 1.58. The van der Waals surface area contributed by atoms with Crippen LogP contribution in [0.4, 0.5) is 0 Å². The lowest BCUT2D eigenvalue weighted by atomic mass is 10.2. The van der Waals surface area contributed by atoms with Crippen LogP contribution in [-0.2, 0) is 9.16 Å². The SMILES string of the molecule is COCOc1c(OC(C)CO[Si](C)(C)C(C)(C)C)cc(I)nc1Br. The van der Waals surface area contributed by atoms with Crippen LogP contribution < -0.4 is 9.47 Å². The summed E-state index contributed by atoms with van der Waals surface area (Å²) in [6, 6.07) is 1.85. The summed E-state index contributed by atoms with van der Waals surface area (Å²) in [5.41, 5.74) is 0. The molecular formula is C16H27BrINO4Si. The summed E-state index contributed by atoms with van der Waals surface area (Å²) in [6.45, 7) is 13.8. The van der Waals surface area contributed by atoms with E-state index in [1.165, 1.54) is 0 Å². The Morgan fingerprint density at radius 3 is 2.50 bits per heavy atom. The maximum Gasteiger partial charge on any atom is 0.197 e. The van der Waals surface area contributed by atoms with E-state index in [1.807, 2.05) is 13.0 Å². The average molecular weight is 532 g/mol. The number of halogens is 2. The number of hydrogen-bond donors (Lipinski definition) is 0. The second-order valence-corrected chi connectivity index (χ2v) is 13.8. The zero-order chi connectivity index (χ0) is 18.5. The van der Waals surface area contributed by atoms with Gasteiger partial charge in [-0.3, -0.25) is 0 Å². The molecule has 0 aliphatic carbocycles. The van der Waals surface area contributed by atoms with Crippen molar-refractivity contribution in [2.24, 2.45) is 0 Å². The van der Waals surface area contributed by atoms with Crippen LogP contribution in [0.15, 0.2) is 10.7 Å². The summed E-state index contributed by atoms with van der Waals surface area (Å²) < 4.78 is 24.2. The zero-order valence-electron chi connectivity index (χ0n) is 15.4. The number of nitrogens with zero attached hydrogens (tertiary/aromatic N) is 1. The summed E-state index contributed by atoms with van der Waals surface area (Å²) in [4.78, 5) is 4.33. The van der Waals surface area contributed by atoms with E-state index in [9.17, 15) is 0 Å². The van der Waals surface area contributed by atoms with Gasteiger partial charge in [0.25, 0.3) is 0 Å². The molecule has 0 aliphatic rings. The van der Waals surface area contributed by atoms with Crippen molar-refractivity contribution in [2.75, 3.05) is 20.5 Å². The molecule has 0 saturated heterocycles. The Balaban J connectivity index is 2.81. The van der Waals surface area contributed by atoms with Crippen molar-refractivity contribution in [1.29, 1.82) is 0 Å². The molecule has 0 bridgehead atoms. The van der Waals surface area contributed by atoms with Gasteiger partial charge in [0, 0.05) is 13.2 Å². The molecule has 1 heterocycles. The molecule has 0 fully saturated rings. The highest BCUT2D eigenvalue weighted by Gasteiger charge is 2.37. The third kappa shape index (κ3) is 6.43. The molecule has 0 aromatic carbocycles. The lowest BCUT2D eigenvalue weighted by Crippen LogP contribution is -2.43. The van der Waals surface area contributed by atoms with Gasteiger partial charge < -0.3 is 18.6 Å². The Hall–Kier alpha value is 0.0969. The summed E-state index contributed by atoms with van der Waals surface area (Å²) in [5, 5.41) is 0.175. The first-order chi connectivity index (χ1) is 11.0. The molecule has 0 radical (unpaired) electrons. The van der Waals surface area contributed by atoms with E-state index in [4.69, 9.17) is 18.6 Å². The average Bonchev–Trinajstić information content (AvgIpc) is 2.43. The zero-order valence-corrected chi connectivity index (χ0v) is 20.1. The van der Waals surface area contributed by atoms with Crippen LogP contribution >= 0.6 is 38.5 Å². The first-order valence-corrected chi connectivity index (χ1v) is 12.5. The van der Waals surface area contributed by atoms with Gasteiger partial charge in [-0.25, -0.2) is 4.98 Å². The largest absolute Gasteiger partial charge is 0.484 e. The van der Waals surface area contributed by atoms with E-state index in [0.717, 1.165) is 3.70 Å². The summed E-state index contributed by atoms with van der Waals surface area (Å²) in [6.07, 6.45) is -0.103. The first kappa shape index (κ1) is 22.1. The van der Waals surface area contributed by atoms with E-state index < -0.39 is 8.32 Å². The minimum absolute atomic E-state index is 0.103. The molecular weight excluding hydrogens is 505 g/mol. The fraction of sp³-hybridized carbons (Fsp3) is 0.688. The lowest BCUT2D eigenvalue weighted by Gasteiger charge is -2.37. The van der Waals surface area contributed by atoms with Crippen molar-refractivity contribution in [3.05, 3.63) is 14.4 Å². The van der Waals surface area contributed by atoms with Gasteiger partial charge in [-0.15, -0.1) is 0 Å². The molecule has 5 nitrogen and oxygen atoms in total. The Morgan fingerprint density at radius 2 is 1.96 bits per heavy atom. The maximum absolute atomic E-state index is 6.23. The van der Waals surface area contributed by atoms with Crippen molar-refractivity contribution in [1.82, 2.24) is 4.98 Å². The molecule has 138 valence electrons. The highest BCUT2D eigenvalue weighted by atomic mass is 127. The highest BCUT2D eigenvalue weighted by Crippen LogP contribution is 2.38. The smallest absolute Gasteiger partial charge is 0.197 e. The van der Waals surface area contributed by atoms with Crippen LogP contribution in [0.5, 0.6) is 11.5 Å². The summed E-state index contributed by atoms with van der Waals surface area (Å²) >= 11 is 5.56. The predicted molar refractivity (Wildman–Crippen MR) is 110 cm³/mol. The molecule has 1 rings (SSSR count). The molecule has 0 aliphatic heterocycles. The van der Waals surface area contributed by atoms with Gasteiger partial charge in [-0.05, 0) is 63.6 Å². The summed E-state index contributed by atoms with van der Waals surface area (Å²) in [7, 11) is -0.222. The predicted octanol–water partition coefficient (Wildman–Crippen LogP) is 5.22. The Labute approximate surface area is 168 Å². The van der Waals surface area contributed by atoms with Crippen molar-refractivity contribution in [2.45, 2.75) is 51.9 Å². The highest BCUT2D eigenvalue weighted by molar-refractivity contribution is 14.1. The molecule has 1 aromatic rings. The maximum atomic E-state index is 6.23. The number of aromatic nitrogens is 1. The van der Waals surface area contributed by atoms with Crippen LogP contribution in [0.3, 0.4) is 0 Å². The standard InChI is InChI=1S/C16H27BrINO4Si/c1-11(9-22-24(6,7)16(2,3)4)23-12-8-13(18)19-15(17)14(12)21-10-20-5/h8,11H,9-10H2,1-7H3. The summed E-state index contributed by atoms with van der Waals surface area (Å²) in [5.74, 6) is 1.17. The van der Waals surface area contributed by atoms with Gasteiger partial charge >= 0.3 is 0 Å². The van der Waals surface area contributed by atoms with Crippen molar-refractivity contribution < 1.29 is 18.6 Å². The van der Waals surface area contributed by atoms with Crippen LogP contribution in [0.1, 0.15) is 27.7 Å². The van der Waals surface area contributed by atoms with E-state index in [1.54, 1.807) is 7.11 Å². The topological polar surface area (TPSA) is 49.8 Å². The third-order valence-electron chi connectivity index (χ3n) is 4.00. The van der Waals surface area contributed by atoms with Crippen LogP contribution in [0.25, 0.3) is 0 Å². The van der Waals surface area contributed by atoms with E-state index in [0.29, 0.717) is 22.7 Å². The van der Waals surface area contributed by atoms with Gasteiger partial charge in [0.15, 0.2) is 31.2 Å². The number of pyridine rings is 1. The quantitative estimate of drug-likeness (QED) is 0.199. The number of ether oxygens (including phenoxy) is 3. The van der Waals surface area contributed by atoms with Crippen LogP contribution in [0, 0.1) is 3.70 Å². The molecule has 24 heavy (non-hydrogen) atoms. The Bertz CT molecular complexity index is 552. The molecule has 1 unspecified atom stereocenters. The van der Waals surface area contributed by atoms with Gasteiger partial charge in [0.2, 0.25) is 0 Å². The number of methoxy groups -OCH3 is 1. The van der Waals surface area contributed by atoms with Gasteiger partial charge in [0.1, 0.15) is 9.80 Å². The monoisotopic (exact) mass is 531 g/mol. The molecule has 8 heteroatoms. The van der Waals surface area contributed by atoms with Crippen molar-refractivity contribution in [3.8, 4) is 11.5 Å². The van der Waals surface area contributed by atoms with Gasteiger partial charge in [-0.1, -0.05) is 20.8 Å². The Kier molecular flexibility index (Phi) is 8.45. The second-order valence-electron chi connectivity index (χ2n) is 7.11. The minimum atomic E-state index is -1.80. The molecule has 0 amide bonds. The van der Waals surface area contributed by atoms with Crippen molar-refractivity contribution >= 4 is 46.8 Å².